The fraction of sp³-hybridized carbons (Fsp3) is 0.375. The number of carbonyl (C=O) groups is 2. The predicted octanol–water partition coefficient (Wildman–Crippen LogP) is 1.84. The van der Waals surface area contributed by atoms with E-state index < -0.39 is 32.1 Å². The highest BCUT2D eigenvalue weighted by Gasteiger charge is 2.70. The van der Waals surface area contributed by atoms with Gasteiger partial charge in [0.15, 0.2) is 0 Å². The number of anilines is 1. The topological polar surface area (TPSA) is 80.8 Å². The first kappa shape index (κ1) is 15.8. The summed E-state index contributed by atoms with van der Waals surface area (Å²) in [7, 11) is 1.43. The molecule has 0 N–H and O–H groups in total. The second kappa shape index (κ2) is 4.47. The van der Waals surface area contributed by atoms with Crippen molar-refractivity contribution in [3.63, 3.8) is 0 Å². The molecule has 3 aliphatic rings. The predicted molar refractivity (Wildman–Crippen MR) is 86.0 cm³/mol. The lowest BCUT2D eigenvalue weighted by atomic mass is 9.73. The maximum atomic E-state index is 12.9. The number of hydrogen-bond acceptors (Lipinski definition) is 5. The number of carbonyl (C=O) groups excluding carboxylic acids is 2. The van der Waals surface area contributed by atoms with Gasteiger partial charge in [0.25, 0.3) is 9.05 Å². The molecule has 0 radical (unpaired) electrons. The third kappa shape index (κ3) is 1.89. The number of hydrogen-bond donors (Lipinski definition) is 0. The van der Waals surface area contributed by atoms with Crippen LogP contribution < -0.4 is 4.90 Å². The smallest absolute Gasteiger partial charge is 0.261 e. The van der Waals surface area contributed by atoms with E-state index in [0.29, 0.717) is 5.69 Å². The lowest BCUT2D eigenvalue weighted by molar-refractivity contribution is -0.128. The van der Waals surface area contributed by atoms with Crippen LogP contribution in [-0.4, -0.2) is 31.4 Å². The minimum absolute atomic E-state index is 0.0869. The Morgan fingerprint density at radius 3 is 1.88 bits per heavy atom. The molecule has 8 heteroatoms. The van der Waals surface area contributed by atoms with E-state index in [2.05, 4.69) is 0 Å². The highest BCUT2D eigenvalue weighted by atomic mass is 35.7. The molecule has 24 heavy (non-hydrogen) atoms. The van der Waals surface area contributed by atoms with Crippen LogP contribution in [-0.2, 0) is 23.4 Å². The third-order valence-electron chi connectivity index (χ3n) is 5.10. The van der Waals surface area contributed by atoms with Gasteiger partial charge in [0.2, 0.25) is 11.8 Å². The molecule has 2 saturated heterocycles. The van der Waals surface area contributed by atoms with Gasteiger partial charge in [0.05, 0.1) is 33.6 Å². The fourth-order valence-electron chi connectivity index (χ4n) is 4.04. The second-order valence-electron chi connectivity index (χ2n) is 6.70. The summed E-state index contributed by atoms with van der Waals surface area (Å²) >= 11 is 0. The molecule has 3 heterocycles. The van der Waals surface area contributed by atoms with Crippen LogP contribution in [0.2, 0.25) is 0 Å². The zero-order valence-corrected chi connectivity index (χ0v) is 14.5. The molecule has 2 bridgehead atoms. The zero-order valence-electron chi connectivity index (χ0n) is 12.9. The Labute approximate surface area is 143 Å². The maximum Gasteiger partial charge on any atom is 0.261 e. The molecular formula is C16H14ClNO5S. The standard InChI is InChI=1S/C16H14ClNO5S/c1-15-7-8-16(2,23-15)12-11(15)13(19)18(14(12)20)9-3-5-10(6-4-9)24(17,21)22/h3-8,11-12H,1-2H3/t11?,12?,15-,16+. The first-order valence-electron chi connectivity index (χ1n) is 7.40. The number of rotatable bonds is 2. The summed E-state index contributed by atoms with van der Waals surface area (Å²) in [5, 5.41) is 0. The summed E-state index contributed by atoms with van der Waals surface area (Å²) in [4.78, 5) is 26.8. The van der Waals surface area contributed by atoms with Gasteiger partial charge in [-0.15, -0.1) is 0 Å². The van der Waals surface area contributed by atoms with Crippen molar-refractivity contribution in [2.24, 2.45) is 11.8 Å². The summed E-state index contributed by atoms with van der Waals surface area (Å²) in [6, 6.07) is 5.37. The molecular weight excluding hydrogens is 354 g/mol. The van der Waals surface area contributed by atoms with E-state index in [0.717, 1.165) is 4.90 Å². The van der Waals surface area contributed by atoms with Crippen LogP contribution in [0.15, 0.2) is 41.3 Å². The molecule has 126 valence electrons. The Bertz CT molecular complexity index is 873. The average molecular weight is 368 g/mol. The normalized spacial score (nSPS) is 37.4. The molecule has 1 aromatic rings. The van der Waals surface area contributed by atoms with Crippen LogP contribution in [0.3, 0.4) is 0 Å². The van der Waals surface area contributed by atoms with Gasteiger partial charge in [0, 0.05) is 10.7 Å². The Hall–Kier alpha value is -1.70. The lowest BCUT2D eigenvalue weighted by Crippen LogP contribution is -2.39. The molecule has 3 aliphatic heterocycles. The van der Waals surface area contributed by atoms with Crippen molar-refractivity contribution in [1.29, 1.82) is 0 Å². The molecule has 2 fully saturated rings. The average Bonchev–Trinajstić information content (AvgIpc) is 3.03. The van der Waals surface area contributed by atoms with E-state index in [1.165, 1.54) is 24.3 Å². The molecule has 0 aliphatic carbocycles. The molecule has 0 saturated carbocycles. The Kier molecular flexibility index (Phi) is 2.95. The van der Waals surface area contributed by atoms with Crippen molar-refractivity contribution in [3.05, 3.63) is 36.4 Å². The minimum atomic E-state index is -3.86. The summed E-state index contributed by atoms with van der Waals surface area (Å²) < 4.78 is 28.6. The van der Waals surface area contributed by atoms with Gasteiger partial charge >= 0.3 is 0 Å². The van der Waals surface area contributed by atoms with Crippen molar-refractivity contribution >= 4 is 37.2 Å². The number of amides is 2. The van der Waals surface area contributed by atoms with Crippen LogP contribution in [0, 0.1) is 11.8 Å². The van der Waals surface area contributed by atoms with Gasteiger partial charge in [0.1, 0.15) is 0 Å². The van der Waals surface area contributed by atoms with E-state index in [1.54, 1.807) is 13.8 Å². The molecule has 2 amide bonds. The van der Waals surface area contributed by atoms with Crippen LogP contribution in [0.1, 0.15) is 13.8 Å². The Morgan fingerprint density at radius 2 is 1.46 bits per heavy atom. The van der Waals surface area contributed by atoms with Crippen molar-refractivity contribution in [2.45, 2.75) is 29.9 Å². The SMILES string of the molecule is C[C@]12C=C[C@](C)(O1)C1C(=O)N(c3ccc(S(=O)(=O)Cl)cc3)C(=O)C12. The lowest BCUT2D eigenvalue weighted by Gasteiger charge is -2.25. The summed E-state index contributed by atoms with van der Waals surface area (Å²) in [5.41, 5.74) is -1.25. The maximum absolute atomic E-state index is 12.9. The van der Waals surface area contributed by atoms with Gasteiger partial charge < -0.3 is 4.74 Å². The Morgan fingerprint density at radius 1 is 1.00 bits per heavy atom. The summed E-state index contributed by atoms with van der Waals surface area (Å²) in [6.07, 6.45) is 3.68. The van der Waals surface area contributed by atoms with Crippen LogP contribution in [0.5, 0.6) is 0 Å². The number of fused-ring (bicyclic) bond motifs is 5. The Balaban J connectivity index is 1.75. The minimum Gasteiger partial charge on any atom is -0.359 e. The molecule has 0 aromatic heterocycles. The van der Waals surface area contributed by atoms with Crippen molar-refractivity contribution < 1.29 is 22.7 Å². The monoisotopic (exact) mass is 367 g/mol. The molecule has 4 rings (SSSR count). The van der Waals surface area contributed by atoms with Crippen molar-refractivity contribution in [2.75, 3.05) is 4.90 Å². The number of ether oxygens (including phenoxy) is 1. The van der Waals surface area contributed by atoms with E-state index in [1.807, 2.05) is 12.2 Å². The van der Waals surface area contributed by atoms with Crippen LogP contribution >= 0.6 is 10.7 Å². The first-order chi connectivity index (χ1) is 11.1. The van der Waals surface area contributed by atoms with Crippen LogP contribution in [0.4, 0.5) is 5.69 Å². The van der Waals surface area contributed by atoms with Crippen LogP contribution in [0.25, 0.3) is 0 Å². The van der Waals surface area contributed by atoms with E-state index in [9.17, 15) is 18.0 Å². The molecule has 1 aromatic carbocycles. The van der Waals surface area contributed by atoms with E-state index in [-0.39, 0.29) is 16.7 Å². The van der Waals surface area contributed by atoms with E-state index in [4.69, 9.17) is 15.4 Å². The summed E-state index contributed by atoms with van der Waals surface area (Å²) in [6.45, 7) is 3.61. The largest absolute Gasteiger partial charge is 0.359 e. The molecule has 2 unspecified atom stereocenters. The quantitative estimate of drug-likeness (QED) is 0.452. The third-order valence-corrected chi connectivity index (χ3v) is 6.47. The summed E-state index contributed by atoms with van der Waals surface area (Å²) in [5.74, 6) is -1.81. The number of benzene rings is 1. The second-order valence-corrected chi connectivity index (χ2v) is 9.27. The highest BCUT2D eigenvalue weighted by molar-refractivity contribution is 8.13. The van der Waals surface area contributed by atoms with Gasteiger partial charge in [-0.1, -0.05) is 12.2 Å². The highest BCUT2D eigenvalue weighted by Crippen LogP contribution is 2.57. The fourth-order valence-corrected chi connectivity index (χ4v) is 4.81. The number of imide groups is 1. The molecule has 6 nitrogen and oxygen atoms in total. The van der Waals surface area contributed by atoms with Gasteiger partial charge in [-0.2, -0.15) is 0 Å². The van der Waals surface area contributed by atoms with Gasteiger partial charge in [-0.25, -0.2) is 13.3 Å². The van der Waals surface area contributed by atoms with Gasteiger partial charge in [-0.05, 0) is 38.1 Å². The molecule has 0 spiro atoms. The van der Waals surface area contributed by atoms with Crippen molar-refractivity contribution in [3.8, 4) is 0 Å². The zero-order chi connectivity index (χ0) is 17.5. The van der Waals surface area contributed by atoms with Crippen molar-refractivity contribution in [1.82, 2.24) is 0 Å². The first-order valence-corrected chi connectivity index (χ1v) is 9.71. The van der Waals surface area contributed by atoms with Gasteiger partial charge in [-0.3, -0.25) is 9.59 Å². The number of halogens is 1. The van der Waals surface area contributed by atoms with E-state index >= 15 is 0 Å². The molecule has 4 atom stereocenters. The number of nitrogens with zero attached hydrogens (tertiary/aromatic N) is 1.